The predicted octanol–water partition coefficient (Wildman–Crippen LogP) is 4.03. The van der Waals surface area contributed by atoms with Crippen molar-refractivity contribution in [3.05, 3.63) is 83.7 Å². The van der Waals surface area contributed by atoms with Gasteiger partial charge < -0.3 is 14.8 Å². The molecule has 0 aliphatic carbocycles. The monoisotopic (exact) mass is 607 g/mol. The van der Waals surface area contributed by atoms with Gasteiger partial charge in [-0.3, -0.25) is 19.7 Å². The molecule has 0 saturated carbocycles. The van der Waals surface area contributed by atoms with Gasteiger partial charge in [-0.15, -0.1) is 0 Å². The Morgan fingerprint density at radius 1 is 1.09 bits per heavy atom. The number of aromatic nitrogens is 4. The van der Waals surface area contributed by atoms with E-state index in [1.807, 2.05) is 55.4 Å². The number of likely N-dealkylation sites (tertiary alicyclic amines) is 1. The number of para-hydroxylation sites is 1. The van der Waals surface area contributed by atoms with Crippen LogP contribution in [-0.4, -0.2) is 82.5 Å². The van der Waals surface area contributed by atoms with Gasteiger partial charge in [0.15, 0.2) is 11.6 Å². The molecule has 3 atom stereocenters. The average molecular weight is 608 g/mol. The lowest BCUT2D eigenvalue weighted by Crippen LogP contribution is -2.44. The number of halogens is 2. The topological polar surface area (TPSA) is 116 Å². The van der Waals surface area contributed by atoms with E-state index in [0.29, 0.717) is 30.2 Å². The van der Waals surface area contributed by atoms with Gasteiger partial charge in [-0.1, -0.05) is 24.3 Å². The highest BCUT2D eigenvalue weighted by molar-refractivity contribution is 5.91. The minimum absolute atomic E-state index is 0.0698. The van der Waals surface area contributed by atoms with Gasteiger partial charge in [0.25, 0.3) is 0 Å². The van der Waals surface area contributed by atoms with Crippen LogP contribution in [0.2, 0.25) is 0 Å². The second kappa shape index (κ2) is 13.3. The lowest BCUT2D eigenvalue weighted by Gasteiger charge is -2.26. The lowest BCUT2D eigenvalue weighted by atomic mass is 9.94. The molecule has 1 fully saturated rings. The quantitative estimate of drug-likeness (QED) is 0.262. The third-order valence-corrected chi connectivity index (χ3v) is 7.88. The highest BCUT2D eigenvalue weighted by Crippen LogP contribution is 2.33. The Kier molecular flexibility index (Phi) is 9.35. The van der Waals surface area contributed by atoms with Gasteiger partial charge in [0.1, 0.15) is 11.5 Å². The van der Waals surface area contributed by atoms with Gasteiger partial charge in [-0.25, -0.2) is 18.3 Å². The molecule has 1 unspecified atom stereocenters. The number of esters is 1. The molecule has 2 aromatic heterocycles. The van der Waals surface area contributed by atoms with Crippen LogP contribution in [0.3, 0.4) is 0 Å². The number of hydrogen-bond acceptors (Lipinski definition) is 7. The number of rotatable bonds is 10. The van der Waals surface area contributed by atoms with E-state index in [1.54, 1.807) is 15.6 Å². The van der Waals surface area contributed by atoms with Crippen LogP contribution in [-0.2, 0) is 21.3 Å². The summed E-state index contributed by atoms with van der Waals surface area (Å²) in [6, 6.07) is 11.8. The molecule has 5 rings (SSSR count). The Labute approximate surface area is 253 Å². The van der Waals surface area contributed by atoms with Crippen LogP contribution in [0.4, 0.5) is 19.4 Å². The van der Waals surface area contributed by atoms with Crippen molar-refractivity contribution in [3.63, 3.8) is 0 Å². The van der Waals surface area contributed by atoms with Gasteiger partial charge in [-0.2, -0.15) is 10.2 Å². The molecule has 1 aliphatic rings. The fourth-order valence-electron chi connectivity index (χ4n) is 5.65. The fraction of sp³-hybridized carbons (Fsp3) is 0.355. The number of nitrogens with one attached hydrogen (secondary N) is 2. The van der Waals surface area contributed by atoms with E-state index in [9.17, 15) is 18.4 Å². The second-order valence-corrected chi connectivity index (χ2v) is 10.8. The number of urea groups is 1. The molecular formula is C31H35F2N7O4. The molecule has 3 heterocycles. The van der Waals surface area contributed by atoms with Crippen molar-refractivity contribution in [3.8, 4) is 16.9 Å². The molecule has 0 radical (unpaired) electrons. The summed E-state index contributed by atoms with van der Waals surface area (Å²) in [7, 11) is 4.67. The third kappa shape index (κ3) is 6.63. The Bertz CT molecular complexity index is 1620. The summed E-state index contributed by atoms with van der Waals surface area (Å²) in [5.74, 6) is -2.27. The highest BCUT2D eigenvalue weighted by atomic mass is 19.2. The van der Waals surface area contributed by atoms with Crippen molar-refractivity contribution in [1.82, 2.24) is 29.8 Å². The van der Waals surface area contributed by atoms with Crippen molar-refractivity contribution in [2.45, 2.75) is 31.3 Å². The first-order valence-electron chi connectivity index (χ1n) is 14.1. The number of nitrogens with zero attached hydrogens (tertiary/aromatic N) is 5. The number of hydrogen-bond donors (Lipinski definition) is 2. The summed E-state index contributed by atoms with van der Waals surface area (Å²) >= 11 is 0. The SMILES string of the molecule is COCC(CC(=O)OC)N1C[C@@H](NC(=O)Nc2c(C)c(-c3cnn(C)c3)nn2-c2ccccc2)[C@H](c2ccc(F)c(F)c2)C1. The van der Waals surface area contributed by atoms with E-state index in [4.69, 9.17) is 14.6 Å². The Morgan fingerprint density at radius 2 is 1.86 bits per heavy atom. The molecule has 2 aromatic carbocycles. The number of anilines is 1. The maximum absolute atomic E-state index is 14.3. The summed E-state index contributed by atoms with van der Waals surface area (Å²) < 4.78 is 41.7. The zero-order chi connectivity index (χ0) is 31.4. The molecule has 11 nitrogen and oxygen atoms in total. The first-order chi connectivity index (χ1) is 21.2. The zero-order valence-electron chi connectivity index (χ0n) is 25.0. The predicted molar refractivity (Wildman–Crippen MR) is 159 cm³/mol. The second-order valence-electron chi connectivity index (χ2n) is 10.8. The molecule has 232 valence electrons. The standard InChI is InChI=1S/C31H35F2N7O4/c1-19-29(21-14-34-38(2)15-21)37-40(22-8-6-5-7-9-22)30(19)36-31(42)35-27-17-39(23(18-43-3)13-28(41)44-4)16-24(27)20-10-11-25(32)26(33)12-20/h5-12,14-15,23-24,27H,13,16-18H2,1-4H3,(H2,35,36,42)/t23?,24-,27+/m0/s1. The number of amides is 2. The molecule has 4 aromatic rings. The van der Waals surface area contributed by atoms with E-state index in [2.05, 4.69) is 15.7 Å². The van der Waals surface area contributed by atoms with E-state index < -0.39 is 35.6 Å². The first-order valence-corrected chi connectivity index (χ1v) is 14.1. The summed E-state index contributed by atoms with van der Waals surface area (Å²) in [4.78, 5) is 27.8. The average Bonchev–Trinajstić information content (AvgIpc) is 3.72. The van der Waals surface area contributed by atoms with Crippen LogP contribution in [0.15, 0.2) is 60.9 Å². The van der Waals surface area contributed by atoms with Crippen molar-refractivity contribution < 1.29 is 27.8 Å². The molecule has 1 saturated heterocycles. The van der Waals surface area contributed by atoms with Gasteiger partial charge in [0.05, 0.1) is 38.1 Å². The largest absolute Gasteiger partial charge is 0.469 e. The molecule has 0 bridgehead atoms. The summed E-state index contributed by atoms with van der Waals surface area (Å²) in [6.45, 7) is 2.81. The Hall–Kier alpha value is -4.62. The number of methoxy groups -OCH3 is 2. The highest BCUT2D eigenvalue weighted by Gasteiger charge is 2.39. The van der Waals surface area contributed by atoms with Crippen LogP contribution in [0.25, 0.3) is 16.9 Å². The molecule has 1 aliphatic heterocycles. The third-order valence-electron chi connectivity index (χ3n) is 7.88. The Morgan fingerprint density at radius 3 is 2.52 bits per heavy atom. The van der Waals surface area contributed by atoms with Crippen molar-refractivity contribution in [2.75, 3.05) is 39.2 Å². The number of carbonyl (C=O) groups excluding carboxylic acids is 2. The Balaban J connectivity index is 1.44. The van der Waals surface area contributed by atoms with Crippen LogP contribution in [0, 0.1) is 18.6 Å². The van der Waals surface area contributed by atoms with Gasteiger partial charge in [-0.05, 0) is 36.8 Å². The molecule has 13 heteroatoms. The number of carbonyl (C=O) groups is 2. The lowest BCUT2D eigenvalue weighted by molar-refractivity contribution is -0.142. The molecule has 2 amide bonds. The molecule has 44 heavy (non-hydrogen) atoms. The van der Waals surface area contributed by atoms with Crippen LogP contribution in [0.1, 0.15) is 23.5 Å². The maximum Gasteiger partial charge on any atom is 0.320 e. The van der Waals surface area contributed by atoms with E-state index in [-0.39, 0.29) is 19.1 Å². The van der Waals surface area contributed by atoms with Gasteiger partial charge in [0.2, 0.25) is 0 Å². The number of benzene rings is 2. The van der Waals surface area contributed by atoms with Gasteiger partial charge >= 0.3 is 12.0 Å². The normalized spacial score (nSPS) is 17.4. The number of aryl methyl sites for hydroxylation is 1. The maximum atomic E-state index is 14.3. The van der Waals surface area contributed by atoms with Crippen LogP contribution < -0.4 is 10.6 Å². The minimum Gasteiger partial charge on any atom is -0.469 e. The number of ether oxygens (including phenoxy) is 2. The molecule has 2 N–H and O–H groups in total. The molecular weight excluding hydrogens is 572 g/mol. The zero-order valence-corrected chi connectivity index (χ0v) is 25.0. The van der Waals surface area contributed by atoms with Crippen LogP contribution >= 0.6 is 0 Å². The van der Waals surface area contributed by atoms with Crippen molar-refractivity contribution >= 4 is 17.8 Å². The molecule has 0 spiro atoms. The summed E-state index contributed by atoms with van der Waals surface area (Å²) in [5.41, 5.74) is 3.46. The minimum atomic E-state index is -0.975. The summed E-state index contributed by atoms with van der Waals surface area (Å²) in [6.07, 6.45) is 3.62. The first kappa shape index (κ1) is 30.8. The van der Waals surface area contributed by atoms with E-state index in [1.165, 1.54) is 20.3 Å². The fourth-order valence-corrected chi connectivity index (χ4v) is 5.65. The van der Waals surface area contributed by atoms with E-state index >= 15 is 0 Å². The van der Waals surface area contributed by atoms with E-state index in [0.717, 1.165) is 28.9 Å². The van der Waals surface area contributed by atoms with Crippen LogP contribution in [0.5, 0.6) is 0 Å². The van der Waals surface area contributed by atoms with Crippen molar-refractivity contribution in [2.24, 2.45) is 7.05 Å². The van der Waals surface area contributed by atoms with Gasteiger partial charge in [0, 0.05) is 56.5 Å². The summed E-state index contributed by atoms with van der Waals surface area (Å²) in [5, 5.41) is 15.1. The van der Waals surface area contributed by atoms with Crippen molar-refractivity contribution in [1.29, 1.82) is 0 Å². The smallest absolute Gasteiger partial charge is 0.320 e.